The van der Waals surface area contributed by atoms with Crippen molar-refractivity contribution in [3.05, 3.63) is 54.1 Å². The Labute approximate surface area is 163 Å². The zero-order chi connectivity index (χ0) is 19.3. The van der Waals surface area contributed by atoms with E-state index in [-0.39, 0.29) is 0 Å². The third-order valence-corrected chi connectivity index (χ3v) is 4.49. The second kappa shape index (κ2) is 8.08. The Balaban J connectivity index is 1.53. The first kappa shape index (κ1) is 18.0. The van der Waals surface area contributed by atoms with E-state index in [2.05, 4.69) is 37.5 Å². The first-order valence-corrected chi connectivity index (χ1v) is 9.26. The van der Waals surface area contributed by atoms with Crippen LogP contribution >= 0.6 is 0 Å². The largest absolute Gasteiger partial charge is 0.493 e. The molecule has 8 heteroatoms. The maximum atomic E-state index is 5.88. The van der Waals surface area contributed by atoms with Crippen LogP contribution in [0.1, 0.15) is 18.4 Å². The molecule has 2 heterocycles. The molecule has 0 amide bonds. The average Bonchev–Trinajstić information content (AvgIpc) is 3.47. The first-order chi connectivity index (χ1) is 13.7. The molecule has 1 fully saturated rings. The molecule has 1 saturated carbocycles. The fourth-order valence-electron chi connectivity index (χ4n) is 2.83. The summed E-state index contributed by atoms with van der Waals surface area (Å²) in [5, 5.41) is 8.38. The number of benzene rings is 1. The van der Waals surface area contributed by atoms with Gasteiger partial charge in [-0.25, -0.2) is 9.67 Å². The van der Waals surface area contributed by atoms with E-state index in [0.717, 1.165) is 34.9 Å². The van der Waals surface area contributed by atoms with E-state index in [9.17, 15) is 0 Å². The molecule has 28 heavy (non-hydrogen) atoms. The van der Waals surface area contributed by atoms with Crippen molar-refractivity contribution in [3.63, 3.8) is 0 Å². The summed E-state index contributed by atoms with van der Waals surface area (Å²) in [6.07, 6.45) is 9.09. The second-order valence-electron chi connectivity index (χ2n) is 6.81. The lowest BCUT2D eigenvalue weighted by molar-refractivity contribution is 0.299. The molecule has 2 aromatic heterocycles. The van der Waals surface area contributed by atoms with Crippen molar-refractivity contribution >= 4 is 23.2 Å². The van der Waals surface area contributed by atoms with Crippen molar-refractivity contribution in [2.75, 3.05) is 19.0 Å². The molecule has 1 aliphatic rings. The van der Waals surface area contributed by atoms with Gasteiger partial charge in [-0.2, -0.15) is 10.1 Å². The van der Waals surface area contributed by atoms with Gasteiger partial charge in [-0.3, -0.25) is 4.99 Å². The topological polar surface area (TPSA) is 103 Å². The van der Waals surface area contributed by atoms with Crippen LogP contribution in [0.4, 0.5) is 5.95 Å². The summed E-state index contributed by atoms with van der Waals surface area (Å²) >= 11 is 0. The Morgan fingerprint density at radius 3 is 3.07 bits per heavy atom. The third-order valence-electron chi connectivity index (χ3n) is 4.49. The quantitative estimate of drug-likeness (QED) is 0.585. The normalized spacial score (nSPS) is 14.7. The van der Waals surface area contributed by atoms with Crippen molar-refractivity contribution in [2.45, 2.75) is 19.4 Å². The van der Waals surface area contributed by atoms with Gasteiger partial charge in [-0.15, -0.1) is 0 Å². The molecule has 0 spiro atoms. The minimum absolute atomic E-state index is 0.437. The van der Waals surface area contributed by atoms with E-state index < -0.39 is 0 Å². The third kappa shape index (κ3) is 4.28. The van der Waals surface area contributed by atoms with Crippen LogP contribution in [0.25, 0.3) is 11.0 Å². The number of nitrogens with one attached hydrogen (secondary N) is 1. The van der Waals surface area contributed by atoms with Crippen LogP contribution in [-0.2, 0) is 6.54 Å². The summed E-state index contributed by atoms with van der Waals surface area (Å²) < 4.78 is 7.73. The fraction of sp³-hybridized carbons (Fsp3) is 0.300. The molecule has 0 atom stereocenters. The van der Waals surface area contributed by atoms with Crippen molar-refractivity contribution in [1.29, 1.82) is 0 Å². The summed E-state index contributed by atoms with van der Waals surface area (Å²) in [5.41, 5.74) is 8.06. The van der Waals surface area contributed by atoms with Crippen LogP contribution < -0.4 is 15.8 Å². The van der Waals surface area contributed by atoms with Crippen molar-refractivity contribution in [1.82, 2.24) is 19.7 Å². The summed E-state index contributed by atoms with van der Waals surface area (Å²) in [6, 6.07) is 8.12. The highest BCUT2D eigenvalue weighted by molar-refractivity contribution is 5.82. The van der Waals surface area contributed by atoms with E-state index in [4.69, 9.17) is 10.5 Å². The molecule has 0 saturated heterocycles. The van der Waals surface area contributed by atoms with Gasteiger partial charge in [0.25, 0.3) is 0 Å². The molecule has 144 valence electrons. The minimum Gasteiger partial charge on any atom is -0.493 e. The second-order valence-corrected chi connectivity index (χ2v) is 6.81. The number of hydrogen-bond acceptors (Lipinski definition) is 7. The van der Waals surface area contributed by atoms with Gasteiger partial charge >= 0.3 is 0 Å². The number of nitrogens with zero attached hydrogens (tertiary/aromatic N) is 5. The average molecular weight is 377 g/mol. The number of ether oxygens (including phenoxy) is 1. The highest BCUT2D eigenvalue weighted by Crippen LogP contribution is 2.29. The SMILES string of the molecule is CN=CC(=CN)Nc1ncc2cnn(Cc3cccc(OCC4CC4)c3)c2n1. The van der Waals surface area contributed by atoms with Crippen LogP contribution in [0.3, 0.4) is 0 Å². The number of allylic oxidation sites excluding steroid dienone is 1. The lowest BCUT2D eigenvalue weighted by Crippen LogP contribution is -2.08. The maximum Gasteiger partial charge on any atom is 0.229 e. The van der Waals surface area contributed by atoms with Gasteiger partial charge in [-0.1, -0.05) is 12.1 Å². The lowest BCUT2D eigenvalue weighted by Gasteiger charge is -2.09. The van der Waals surface area contributed by atoms with Gasteiger partial charge in [0.2, 0.25) is 5.95 Å². The van der Waals surface area contributed by atoms with Crippen molar-refractivity contribution in [2.24, 2.45) is 16.6 Å². The number of aromatic nitrogens is 4. The number of rotatable bonds is 8. The molecule has 0 radical (unpaired) electrons. The first-order valence-electron chi connectivity index (χ1n) is 9.26. The maximum absolute atomic E-state index is 5.88. The number of anilines is 1. The van der Waals surface area contributed by atoms with E-state index in [1.165, 1.54) is 19.0 Å². The Kier molecular flexibility index (Phi) is 5.18. The molecular formula is C20H23N7O. The van der Waals surface area contributed by atoms with Gasteiger partial charge in [0.15, 0.2) is 5.65 Å². The summed E-state index contributed by atoms with van der Waals surface area (Å²) in [6.45, 7) is 1.39. The van der Waals surface area contributed by atoms with Crippen molar-refractivity contribution < 1.29 is 4.74 Å². The van der Waals surface area contributed by atoms with Crippen LogP contribution in [0.2, 0.25) is 0 Å². The Morgan fingerprint density at radius 1 is 1.39 bits per heavy atom. The van der Waals surface area contributed by atoms with E-state index >= 15 is 0 Å². The monoisotopic (exact) mass is 377 g/mol. The molecule has 3 aromatic rings. The number of aliphatic imine (C=N–C) groups is 1. The Bertz CT molecular complexity index is 1020. The molecule has 3 N–H and O–H groups in total. The molecule has 1 aromatic carbocycles. The van der Waals surface area contributed by atoms with Crippen molar-refractivity contribution in [3.8, 4) is 5.75 Å². The van der Waals surface area contributed by atoms with Crippen LogP contribution in [0, 0.1) is 5.92 Å². The number of nitrogens with two attached hydrogens (primary N) is 1. The van der Waals surface area contributed by atoms with Crippen LogP contribution in [0.5, 0.6) is 5.75 Å². The predicted octanol–water partition coefficient (Wildman–Crippen LogP) is 2.58. The number of fused-ring (bicyclic) bond motifs is 1. The summed E-state index contributed by atoms with van der Waals surface area (Å²) in [7, 11) is 1.67. The molecule has 0 aliphatic heterocycles. The molecule has 0 unspecified atom stereocenters. The van der Waals surface area contributed by atoms with Gasteiger partial charge in [0.05, 0.1) is 30.4 Å². The molecule has 8 nitrogen and oxygen atoms in total. The Hall–Kier alpha value is -3.42. The molecule has 4 rings (SSSR count). The van der Waals surface area contributed by atoms with E-state index in [1.807, 2.05) is 16.8 Å². The standard InChI is InChI=1S/C20H23N7O/c1-22-11-17(8-21)25-20-23-9-16-10-24-27(19(16)26-20)12-15-3-2-4-18(7-15)28-13-14-5-6-14/h2-4,7-11,14H,5-6,12-13,21H2,1H3,(H,23,25,26). The van der Waals surface area contributed by atoms with E-state index in [1.54, 1.807) is 25.7 Å². The van der Waals surface area contributed by atoms with Gasteiger partial charge in [-0.05, 0) is 36.5 Å². The zero-order valence-corrected chi connectivity index (χ0v) is 15.7. The van der Waals surface area contributed by atoms with Gasteiger partial charge in [0.1, 0.15) is 5.75 Å². The minimum atomic E-state index is 0.437. The number of hydrogen-bond donors (Lipinski definition) is 2. The van der Waals surface area contributed by atoms with Gasteiger partial charge in [0, 0.05) is 25.7 Å². The molecule has 0 bridgehead atoms. The van der Waals surface area contributed by atoms with Crippen LogP contribution in [0.15, 0.2) is 53.5 Å². The van der Waals surface area contributed by atoms with E-state index in [0.29, 0.717) is 18.2 Å². The Morgan fingerprint density at radius 2 is 2.29 bits per heavy atom. The lowest BCUT2D eigenvalue weighted by atomic mass is 10.2. The molecular weight excluding hydrogens is 354 g/mol. The zero-order valence-electron chi connectivity index (χ0n) is 15.7. The summed E-state index contributed by atoms with van der Waals surface area (Å²) in [4.78, 5) is 12.8. The summed E-state index contributed by atoms with van der Waals surface area (Å²) in [5.74, 6) is 2.06. The molecule has 1 aliphatic carbocycles. The highest BCUT2D eigenvalue weighted by atomic mass is 16.5. The smallest absolute Gasteiger partial charge is 0.229 e. The predicted molar refractivity (Wildman–Crippen MR) is 109 cm³/mol. The highest BCUT2D eigenvalue weighted by Gasteiger charge is 2.21. The van der Waals surface area contributed by atoms with Gasteiger partial charge < -0.3 is 15.8 Å². The van der Waals surface area contributed by atoms with Crippen LogP contribution in [-0.4, -0.2) is 39.6 Å². The fourth-order valence-corrected chi connectivity index (χ4v) is 2.83.